The molecule has 0 saturated heterocycles. The van der Waals surface area contributed by atoms with Crippen LogP contribution in [0.25, 0.3) is 10.9 Å². The number of amides is 1. The Morgan fingerprint density at radius 1 is 0.886 bits per heavy atom. The van der Waals surface area contributed by atoms with E-state index in [4.69, 9.17) is 14.5 Å². The van der Waals surface area contributed by atoms with Gasteiger partial charge in [-0.15, -0.1) is 0 Å². The molecule has 6 nitrogen and oxygen atoms in total. The van der Waals surface area contributed by atoms with Crippen LogP contribution in [0.15, 0.2) is 78.9 Å². The van der Waals surface area contributed by atoms with Gasteiger partial charge in [-0.1, -0.05) is 67.9 Å². The summed E-state index contributed by atoms with van der Waals surface area (Å²) in [6, 6.07) is 26.0. The van der Waals surface area contributed by atoms with Gasteiger partial charge in [0.15, 0.2) is 5.82 Å². The number of anilines is 3. The standard InChI is InChI=1S/C29H31N3O3/c1-3-10-21-15-16-25(27(17-21)35-19-22-11-6-5-7-12-22)32-29-26(30-28(33)20-34-4-2)18-23-13-8-9-14-24(23)31-29/h5-9,11-18H,3-4,10,19-20H2,1-2H3,(H,30,33)(H,31,32). The number of rotatable bonds is 11. The first-order valence-electron chi connectivity index (χ1n) is 12.0. The monoisotopic (exact) mass is 469 g/mol. The second-order valence-electron chi connectivity index (χ2n) is 8.24. The van der Waals surface area contributed by atoms with E-state index in [1.165, 1.54) is 5.56 Å². The highest BCUT2D eigenvalue weighted by Gasteiger charge is 2.14. The highest BCUT2D eigenvalue weighted by atomic mass is 16.5. The molecular weight excluding hydrogens is 438 g/mol. The lowest BCUT2D eigenvalue weighted by Gasteiger charge is -2.17. The molecule has 0 spiro atoms. The summed E-state index contributed by atoms with van der Waals surface area (Å²) in [5.74, 6) is 1.05. The number of aryl methyl sites for hydroxylation is 1. The average Bonchev–Trinajstić information content (AvgIpc) is 2.88. The Morgan fingerprint density at radius 3 is 2.49 bits per heavy atom. The van der Waals surface area contributed by atoms with E-state index in [1.807, 2.05) is 73.7 Å². The van der Waals surface area contributed by atoms with Crippen LogP contribution >= 0.6 is 0 Å². The molecule has 0 atom stereocenters. The first kappa shape index (κ1) is 24.2. The molecule has 0 saturated carbocycles. The SMILES string of the molecule is CCCc1ccc(Nc2nc3ccccc3cc2NC(=O)COCC)c(OCc2ccccc2)c1. The minimum atomic E-state index is -0.231. The molecule has 1 amide bonds. The number of aromatic nitrogens is 1. The number of carbonyl (C=O) groups is 1. The van der Waals surface area contributed by atoms with Crippen LogP contribution in [0.5, 0.6) is 5.75 Å². The van der Waals surface area contributed by atoms with Gasteiger partial charge in [-0.3, -0.25) is 4.79 Å². The molecule has 0 aliphatic rings. The topological polar surface area (TPSA) is 72.5 Å². The van der Waals surface area contributed by atoms with Crippen LogP contribution in [0.1, 0.15) is 31.4 Å². The van der Waals surface area contributed by atoms with Gasteiger partial charge < -0.3 is 20.1 Å². The largest absolute Gasteiger partial charge is 0.487 e. The number of nitrogens with zero attached hydrogens (tertiary/aromatic N) is 1. The van der Waals surface area contributed by atoms with E-state index in [-0.39, 0.29) is 12.5 Å². The van der Waals surface area contributed by atoms with Crippen molar-refractivity contribution < 1.29 is 14.3 Å². The molecule has 0 radical (unpaired) electrons. The summed E-state index contributed by atoms with van der Waals surface area (Å²) in [6.07, 6.45) is 2.02. The fourth-order valence-electron chi connectivity index (χ4n) is 3.78. The summed E-state index contributed by atoms with van der Waals surface area (Å²) in [7, 11) is 0. The number of benzene rings is 3. The lowest BCUT2D eigenvalue weighted by molar-refractivity contribution is -0.120. The molecule has 180 valence electrons. The molecule has 0 aliphatic carbocycles. The number of fused-ring (bicyclic) bond motifs is 1. The van der Waals surface area contributed by atoms with Crippen LogP contribution in [0, 0.1) is 0 Å². The number of carbonyl (C=O) groups excluding carboxylic acids is 1. The predicted octanol–water partition coefficient (Wildman–Crippen LogP) is 6.48. The Morgan fingerprint density at radius 2 is 1.69 bits per heavy atom. The number of hydrogen-bond acceptors (Lipinski definition) is 5. The molecule has 0 aliphatic heterocycles. The average molecular weight is 470 g/mol. The van der Waals surface area contributed by atoms with E-state index in [0.717, 1.165) is 40.7 Å². The van der Waals surface area contributed by atoms with Gasteiger partial charge in [-0.05, 0) is 48.7 Å². The lowest BCUT2D eigenvalue weighted by atomic mass is 10.1. The van der Waals surface area contributed by atoms with Crippen molar-refractivity contribution in [2.75, 3.05) is 23.8 Å². The van der Waals surface area contributed by atoms with Crippen LogP contribution in [0.2, 0.25) is 0 Å². The number of ether oxygens (including phenoxy) is 2. The maximum atomic E-state index is 12.4. The van der Waals surface area contributed by atoms with Crippen molar-refractivity contribution in [1.29, 1.82) is 0 Å². The summed E-state index contributed by atoms with van der Waals surface area (Å²) < 4.78 is 11.5. The van der Waals surface area contributed by atoms with Crippen molar-refractivity contribution in [2.45, 2.75) is 33.3 Å². The molecule has 35 heavy (non-hydrogen) atoms. The first-order valence-corrected chi connectivity index (χ1v) is 12.0. The van der Waals surface area contributed by atoms with E-state index in [1.54, 1.807) is 0 Å². The minimum Gasteiger partial charge on any atom is -0.487 e. The molecule has 6 heteroatoms. The Kier molecular flexibility index (Phi) is 8.30. The van der Waals surface area contributed by atoms with Crippen molar-refractivity contribution in [2.24, 2.45) is 0 Å². The zero-order valence-corrected chi connectivity index (χ0v) is 20.2. The van der Waals surface area contributed by atoms with E-state index in [0.29, 0.717) is 24.7 Å². The summed E-state index contributed by atoms with van der Waals surface area (Å²) >= 11 is 0. The molecule has 3 aromatic carbocycles. The third-order valence-electron chi connectivity index (χ3n) is 5.51. The highest BCUT2D eigenvalue weighted by molar-refractivity contribution is 5.98. The Bertz CT molecular complexity index is 1270. The summed E-state index contributed by atoms with van der Waals surface area (Å²) in [5.41, 5.74) is 4.49. The Labute approximate surface area is 206 Å². The van der Waals surface area contributed by atoms with E-state index >= 15 is 0 Å². The molecule has 4 rings (SSSR count). The number of para-hydroxylation sites is 1. The molecule has 0 unspecified atom stereocenters. The number of pyridine rings is 1. The summed E-state index contributed by atoms with van der Waals surface area (Å²) in [6.45, 7) is 4.93. The summed E-state index contributed by atoms with van der Waals surface area (Å²) in [5, 5.41) is 7.28. The van der Waals surface area contributed by atoms with Gasteiger partial charge in [-0.25, -0.2) is 4.98 Å². The fraction of sp³-hybridized carbons (Fsp3) is 0.241. The molecule has 0 fully saturated rings. The quantitative estimate of drug-likeness (QED) is 0.263. The van der Waals surface area contributed by atoms with Gasteiger partial charge in [0.1, 0.15) is 19.0 Å². The summed E-state index contributed by atoms with van der Waals surface area (Å²) in [4.78, 5) is 17.2. The first-order chi connectivity index (χ1) is 17.2. The molecule has 1 heterocycles. The fourth-order valence-corrected chi connectivity index (χ4v) is 3.78. The molecule has 4 aromatic rings. The van der Waals surface area contributed by atoms with Crippen molar-refractivity contribution >= 4 is 34.0 Å². The van der Waals surface area contributed by atoms with Gasteiger partial charge in [0.2, 0.25) is 5.91 Å². The van der Waals surface area contributed by atoms with Gasteiger partial charge in [0, 0.05) is 12.0 Å². The van der Waals surface area contributed by atoms with Crippen LogP contribution in [0.4, 0.5) is 17.2 Å². The second kappa shape index (κ2) is 12.0. The minimum absolute atomic E-state index is 0.0140. The van der Waals surface area contributed by atoms with Crippen molar-refractivity contribution in [3.8, 4) is 5.75 Å². The number of nitrogens with one attached hydrogen (secondary N) is 2. The van der Waals surface area contributed by atoms with Gasteiger partial charge in [-0.2, -0.15) is 0 Å². The van der Waals surface area contributed by atoms with Crippen molar-refractivity contribution in [3.63, 3.8) is 0 Å². The zero-order chi connectivity index (χ0) is 24.5. The second-order valence-corrected chi connectivity index (χ2v) is 8.24. The normalized spacial score (nSPS) is 10.8. The van der Waals surface area contributed by atoms with Gasteiger partial charge in [0.05, 0.1) is 16.9 Å². The van der Waals surface area contributed by atoms with Crippen LogP contribution < -0.4 is 15.4 Å². The molecule has 1 aromatic heterocycles. The van der Waals surface area contributed by atoms with Crippen molar-refractivity contribution in [1.82, 2.24) is 4.98 Å². The Hall–Kier alpha value is -3.90. The molecule has 0 bridgehead atoms. The third-order valence-corrected chi connectivity index (χ3v) is 5.51. The Balaban J connectivity index is 1.66. The van der Waals surface area contributed by atoms with Crippen LogP contribution in [-0.4, -0.2) is 24.1 Å². The van der Waals surface area contributed by atoms with Gasteiger partial charge in [0.25, 0.3) is 0 Å². The van der Waals surface area contributed by atoms with Crippen molar-refractivity contribution in [3.05, 3.63) is 90.0 Å². The molecule has 2 N–H and O–H groups in total. The van der Waals surface area contributed by atoms with E-state index < -0.39 is 0 Å². The zero-order valence-electron chi connectivity index (χ0n) is 20.2. The van der Waals surface area contributed by atoms with Gasteiger partial charge >= 0.3 is 0 Å². The highest BCUT2D eigenvalue weighted by Crippen LogP contribution is 2.34. The van der Waals surface area contributed by atoms with Crippen LogP contribution in [0.3, 0.4) is 0 Å². The molecular formula is C29H31N3O3. The predicted molar refractivity (Wildman–Crippen MR) is 141 cm³/mol. The van der Waals surface area contributed by atoms with E-state index in [2.05, 4.69) is 29.7 Å². The smallest absolute Gasteiger partial charge is 0.250 e. The lowest BCUT2D eigenvalue weighted by Crippen LogP contribution is -2.19. The third kappa shape index (κ3) is 6.58. The number of hydrogen-bond donors (Lipinski definition) is 2. The maximum absolute atomic E-state index is 12.4. The maximum Gasteiger partial charge on any atom is 0.250 e. The van der Waals surface area contributed by atoms with Crippen LogP contribution in [-0.2, 0) is 22.6 Å². The van der Waals surface area contributed by atoms with E-state index in [9.17, 15) is 4.79 Å².